The van der Waals surface area contributed by atoms with Gasteiger partial charge in [0.25, 0.3) is 0 Å². The highest BCUT2D eigenvalue weighted by atomic mass is 35.5. The van der Waals surface area contributed by atoms with Crippen LogP contribution in [0.15, 0.2) is 0 Å². The maximum atomic E-state index is 11.3. The molecule has 19 heavy (non-hydrogen) atoms. The van der Waals surface area contributed by atoms with Crippen LogP contribution in [0.25, 0.3) is 0 Å². The minimum atomic E-state index is -3.01. The maximum absolute atomic E-state index is 11.3. The first-order chi connectivity index (χ1) is 8.96. The first-order valence-electron chi connectivity index (χ1n) is 6.06. The van der Waals surface area contributed by atoms with Crippen molar-refractivity contribution in [2.45, 2.75) is 20.3 Å². The van der Waals surface area contributed by atoms with Gasteiger partial charge in [-0.05, 0) is 18.0 Å². The minimum Gasteiger partial charge on any atom is -0.354 e. The molecule has 2 N–H and O–H groups in total. The lowest BCUT2D eigenvalue weighted by Crippen LogP contribution is -2.18. The Kier molecular flexibility index (Phi) is 6.23. The monoisotopic (exact) mass is 307 g/mol. The molecule has 0 bridgehead atoms. The molecule has 0 radical (unpaired) electrons. The zero-order valence-corrected chi connectivity index (χ0v) is 12.6. The summed E-state index contributed by atoms with van der Waals surface area (Å²) in [6.45, 7) is 4.60. The van der Waals surface area contributed by atoms with Crippen molar-refractivity contribution in [3.8, 4) is 0 Å². The average Bonchev–Trinajstić information content (AvgIpc) is 2.35. The van der Waals surface area contributed by atoms with Crippen LogP contribution >= 0.6 is 11.6 Å². The van der Waals surface area contributed by atoms with E-state index in [0.29, 0.717) is 5.95 Å². The molecule has 1 heterocycles. The molecule has 1 aromatic rings. The zero-order chi connectivity index (χ0) is 14.3. The normalized spacial score (nSPS) is 11.3. The summed E-state index contributed by atoms with van der Waals surface area (Å²) in [5.74, 6) is 0.799. The third-order valence-electron chi connectivity index (χ3n) is 2.28. The molecule has 9 heteroatoms. The highest BCUT2D eigenvalue weighted by molar-refractivity contribution is 7.91. The summed E-state index contributed by atoms with van der Waals surface area (Å²) in [5, 5.41) is 5.88. The van der Waals surface area contributed by atoms with E-state index < -0.39 is 9.84 Å². The molecule has 0 amide bonds. The van der Waals surface area contributed by atoms with Gasteiger partial charge in [-0.1, -0.05) is 13.8 Å². The molecule has 0 aliphatic carbocycles. The van der Waals surface area contributed by atoms with Gasteiger partial charge in [0.15, 0.2) is 9.84 Å². The number of hydrogen-bond donors (Lipinski definition) is 2. The molecule has 1 aromatic heterocycles. The van der Waals surface area contributed by atoms with Gasteiger partial charge in [0, 0.05) is 18.8 Å². The van der Waals surface area contributed by atoms with Crippen molar-refractivity contribution in [2.24, 2.45) is 0 Å². The van der Waals surface area contributed by atoms with E-state index in [4.69, 9.17) is 11.6 Å². The van der Waals surface area contributed by atoms with Gasteiger partial charge in [-0.3, -0.25) is 0 Å². The minimum absolute atomic E-state index is 0.0323. The second kappa shape index (κ2) is 7.44. The number of sulfone groups is 1. The highest BCUT2D eigenvalue weighted by Crippen LogP contribution is 2.09. The van der Waals surface area contributed by atoms with Gasteiger partial charge in [0.1, 0.15) is 0 Å². The van der Waals surface area contributed by atoms with Gasteiger partial charge < -0.3 is 10.6 Å². The van der Waals surface area contributed by atoms with E-state index >= 15 is 0 Å². The average molecular weight is 308 g/mol. The number of anilines is 2. The first kappa shape index (κ1) is 15.9. The van der Waals surface area contributed by atoms with Gasteiger partial charge in [-0.15, -0.1) is 0 Å². The number of halogens is 1. The lowest BCUT2D eigenvalue weighted by molar-refractivity contribution is 0.597. The van der Waals surface area contributed by atoms with Gasteiger partial charge in [-0.25, -0.2) is 8.42 Å². The topological polar surface area (TPSA) is 96.9 Å². The van der Waals surface area contributed by atoms with Crippen LogP contribution in [-0.2, 0) is 9.84 Å². The standard InChI is InChI=1S/C10H18ClN5O2S/c1-3-5-12-9-14-8(11)15-10(16-9)13-6-7-19(17,18)4-2/h3-7H2,1-2H3,(H2,12,13,14,15,16). The molecule has 1 rings (SSSR count). The third kappa shape index (κ3) is 6.02. The summed E-state index contributed by atoms with van der Waals surface area (Å²) in [7, 11) is -3.01. The molecule has 0 saturated heterocycles. The number of aromatic nitrogens is 3. The second-order valence-electron chi connectivity index (χ2n) is 3.84. The van der Waals surface area contributed by atoms with Crippen molar-refractivity contribution < 1.29 is 8.42 Å². The molecule has 0 aliphatic rings. The van der Waals surface area contributed by atoms with Crippen LogP contribution in [0.5, 0.6) is 0 Å². The van der Waals surface area contributed by atoms with Crippen LogP contribution in [0, 0.1) is 0 Å². The summed E-state index contributed by atoms with van der Waals surface area (Å²) in [6, 6.07) is 0. The Morgan fingerprint density at radius 1 is 1.05 bits per heavy atom. The van der Waals surface area contributed by atoms with E-state index in [1.54, 1.807) is 6.92 Å². The molecule has 0 fully saturated rings. The molecule has 108 valence electrons. The lowest BCUT2D eigenvalue weighted by Gasteiger charge is -2.07. The fourth-order valence-electron chi connectivity index (χ4n) is 1.21. The van der Waals surface area contributed by atoms with Crippen LogP contribution in [-0.4, -0.2) is 48.0 Å². The van der Waals surface area contributed by atoms with Crippen molar-refractivity contribution in [1.29, 1.82) is 0 Å². The van der Waals surface area contributed by atoms with Gasteiger partial charge in [-0.2, -0.15) is 15.0 Å². The molecule has 0 unspecified atom stereocenters. The third-order valence-corrected chi connectivity index (χ3v) is 4.15. The van der Waals surface area contributed by atoms with E-state index in [9.17, 15) is 8.42 Å². The summed E-state index contributed by atoms with van der Waals surface area (Å²) in [4.78, 5) is 11.9. The van der Waals surface area contributed by atoms with E-state index in [-0.39, 0.29) is 29.3 Å². The SMILES string of the molecule is CCCNc1nc(Cl)nc(NCCS(=O)(=O)CC)n1. The van der Waals surface area contributed by atoms with E-state index in [2.05, 4.69) is 25.6 Å². The van der Waals surface area contributed by atoms with Gasteiger partial charge in [0.2, 0.25) is 17.2 Å². The Bertz CT molecular complexity index is 509. The highest BCUT2D eigenvalue weighted by Gasteiger charge is 2.08. The first-order valence-corrected chi connectivity index (χ1v) is 8.26. The number of nitrogens with one attached hydrogen (secondary N) is 2. The second-order valence-corrected chi connectivity index (χ2v) is 6.65. The van der Waals surface area contributed by atoms with Gasteiger partial charge >= 0.3 is 0 Å². The molecule has 7 nitrogen and oxygen atoms in total. The fraction of sp³-hybridized carbons (Fsp3) is 0.700. The van der Waals surface area contributed by atoms with Crippen molar-refractivity contribution in [3.63, 3.8) is 0 Å². The molecular formula is C10H18ClN5O2S. The molecular weight excluding hydrogens is 290 g/mol. The van der Waals surface area contributed by atoms with Crippen LogP contribution in [0.2, 0.25) is 5.28 Å². The molecule has 0 aromatic carbocycles. The summed E-state index contributed by atoms with van der Waals surface area (Å²) >= 11 is 5.76. The Balaban J connectivity index is 2.60. The molecule has 0 aliphatic heterocycles. The van der Waals surface area contributed by atoms with Crippen molar-refractivity contribution >= 4 is 33.3 Å². The quantitative estimate of drug-likeness (QED) is 0.744. The molecule has 0 saturated carbocycles. The Morgan fingerprint density at radius 3 is 2.16 bits per heavy atom. The van der Waals surface area contributed by atoms with Crippen molar-refractivity contribution in [3.05, 3.63) is 5.28 Å². The van der Waals surface area contributed by atoms with Crippen LogP contribution in [0.4, 0.5) is 11.9 Å². The Hall–Kier alpha value is -1.15. The maximum Gasteiger partial charge on any atom is 0.228 e. The van der Waals surface area contributed by atoms with E-state index in [1.807, 2.05) is 6.92 Å². The Labute approximate surface area is 118 Å². The summed E-state index contributed by atoms with van der Waals surface area (Å²) in [5.41, 5.74) is 0. The Morgan fingerprint density at radius 2 is 1.63 bits per heavy atom. The number of hydrogen-bond acceptors (Lipinski definition) is 7. The van der Waals surface area contributed by atoms with Crippen LogP contribution in [0.3, 0.4) is 0 Å². The lowest BCUT2D eigenvalue weighted by atomic mass is 10.5. The van der Waals surface area contributed by atoms with Crippen LogP contribution in [0.1, 0.15) is 20.3 Å². The summed E-state index contributed by atoms with van der Waals surface area (Å²) < 4.78 is 22.7. The number of nitrogens with zero attached hydrogens (tertiary/aromatic N) is 3. The largest absolute Gasteiger partial charge is 0.354 e. The zero-order valence-electron chi connectivity index (χ0n) is 11.0. The predicted molar refractivity (Wildman–Crippen MR) is 76.4 cm³/mol. The van der Waals surface area contributed by atoms with Crippen molar-refractivity contribution in [1.82, 2.24) is 15.0 Å². The molecule has 0 spiro atoms. The predicted octanol–water partition coefficient (Wildman–Crippen LogP) is 1.19. The smallest absolute Gasteiger partial charge is 0.228 e. The van der Waals surface area contributed by atoms with E-state index in [0.717, 1.165) is 13.0 Å². The van der Waals surface area contributed by atoms with E-state index in [1.165, 1.54) is 0 Å². The fourth-order valence-corrected chi connectivity index (χ4v) is 2.07. The van der Waals surface area contributed by atoms with Crippen molar-refractivity contribution in [2.75, 3.05) is 35.2 Å². The summed E-state index contributed by atoms with van der Waals surface area (Å²) in [6.07, 6.45) is 0.931. The number of rotatable bonds is 8. The molecule has 0 atom stereocenters. The van der Waals surface area contributed by atoms with Gasteiger partial charge in [0.05, 0.1) is 5.75 Å². The van der Waals surface area contributed by atoms with Crippen LogP contribution < -0.4 is 10.6 Å².